The van der Waals surface area contributed by atoms with Gasteiger partial charge in [0.25, 0.3) is 0 Å². The minimum Gasteiger partial charge on any atom is -0.494 e. The maximum Gasteiger partial charge on any atom is 0.326 e. The molecule has 1 aromatic carbocycles. The van der Waals surface area contributed by atoms with E-state index in [1.165, 1.54) is 30.3 Å². The zero-order valence-corrected chi connectivity index (χ0v) is 14.4. The monoisotopic (exact) mass is 335 g/mol. The summed E-state index contributed by atoms with van der Waals surface area (Å²) in [5.74, 6) is -0.366. The SMILES string of the molecule is C=NC(=CN(C)C(=O)N1COCC1(C)C)c1ccc(OC)c(F)c1. The summed E-state index contributed by atoms with van der Waals surface area (Å²) < 4.78 is 24.1. The van der Waals surface area contributed by atoms with Gasteiger partial charge in [-0.05, 0) is 38.8 Å². The number of ether oxygens (including phenoxy) is 2. The average molecular weight is 335 g/mol. The Bertz CT molecular complexity index is 673. The predicted molar refractivity (Wildman–Crippen MR) is 90.4 cm³/mol. The minimum absolute atomic E-state index is 0.141. The number of aliphatic imine (C=N–C) groups is 1. The highest BCUT2D eigenvalue weighted by molar-refractivity contribution is 5.79. The molecule has 0 aromatic heterocycles. The zero-order valence-electron chi connectivity index (χ0n) is 14.4. The Hall–Kier alpha value is -2.41. The predicted octanol–water partition coefficient (Wildman–Crippen LogP) is 2.95. The standard InChI is InChI=1S/C17H22FN3O3/c1-17(2)10-24-11-21(17)16(22)20(4)9-14(19-3)12-6-7-15(23-5)13(18)8-12/h6-9H,3,10-11H2,1-2,4-5H3. The van der Waals surface area contributed by atoms with Crippen LogP contribution in [-0.2, 0) is 4.74 Å². The number of halogens is 1. The van der Waals surface area contributed by atoms with Gasteiger partial charge in [-0.1, -0.05) is 0 Å². The number of carbonyl (C=O) groups excluding carboxylic acids is 1. The van der Waals surface area contributed by atoms with Crippen LogP contribution >= 0.6 is 0 Å². The lowest BCUT2D eigenvalue weighted by atomic mass is 10.1. The van der Waals surface area contributed by atoms with E-state index in [1.807, 2.05) is 13.8 Å². The van der Waals surface area contributed by atoms with Crippen molar-refractivity contribution in [3.05, 3.63) is 35.8 Å². The largest absolute Gasteiger partial charge is 0.494 e. The van der Waals surface area contributed by atoms with E-state index in [2.05, 4.69) is 11.7 Å². The molecule has 6 nitrogen and oxygen atoms in total. The van der Waals surface area contributed by atoms with Crippen molar-refractivity contribution in [1.29, 1.82) is 0 Å². The number of benzene rings is 1. The normalized spacial score (nSPS) is 16.9. The molecular formula is C17H22FN3O3. The van der Waals surface area contributed by atoms with Gasteiger partial charge in [-0.25, -0.2) is 9.18 Å². The van der Waals surface area contributed by atoms with Crippen molar-refractivity contribution < 1.29 is 18.7 Å². The van der Waals surface area contributed by atoms with Crippen molar-refractivity contribution in [2.45, 2.75) is 19.4 Å². The number of nitrogens with zero attached hydrogens (tertiary/aromatic N) is 3. The lowest BCUT2D eigenvalue weighted by molar-refractivity contribution is 0.125. The summed E-state index contributed by atoms with van der Waals surface area (Å²) in [6.45, 7) is 8.08. The highest BCUT2D eigenvalue weighted by Crippen LogP contribution is 2.25. The van der Waals surface area contributed by atoms with Crippen LogP contribution in [0.1, 0.15) is 19.4 Å². The molecular weight excluding hydrogens is 313 g/mol. The molecule has 1 aliphatic rings. The third kappa shape index (κ3) is 3.56. The topological polar surface area (TPSA) is 54.4 Å². The number of hydrogen-bond donors (Lipinski definition) is 0. The Kier molecular flexibility index (Phi) is 5.23. The van der Waals surface area contributed by atoms with Gasteiger partial charge in [0.15, 0.2) is 11.6 Å². The molecule has 0 N–H and O–H groups in total. The lowest BCUT2D eigenvalue weighted by Crippen LogP contribution is -2.48. The molecule has 7 heteroatoms. The van der Waals surface area contributed by atoms with Crippen LogP contribution in [0, 0.1) is 5.82 Å². The first-order chi connectivity index (χ1) is 11.3. The molecule has 0 spiro atoms. The zero-order chi connectivity index (χ0) is 17.9. The van der Waals surface area contributed by atoms with Gasteiger partial charge in [-0.2, -0.15) is 0 Å². The molecule has 1 fully saturated rings. The quantitative estimate of drug-likeness (QED) is 0.795. The Morgan fingerprint density at radius 1 is 1.54 bits per heavy atom. The lowest BCUT2D eigenvalue weighted by Gasteiger charge is -2.31. The van der Waals surface area contributed by atoms with Gasteiger partial charge in [0.2, 0.25) is 0 Å². The maximum atomic E-state index is 13.9. The summed E-state index contributed by atoms with van der Waals surface area (Å²) in [7, 11) is 3.01. The molecule has 0 bridgehead atoms. The van der Waals surface area contributed by atoms with Gasteiger partial charge in [-0.3, -0.25) is 9.89 Å². The maximum absolute atomic E-state index is 13.9. The van der Waals surface area contributed by atoms with Gasteiger partial charge in [0, 0.05) is 18.8 Å². The fraction of sp³-hybridized carbons (Fsp3) is 0.412. The fourth-order valence-corrected chi connectivity index (χ4v) is 2.41. The molecule has 2 rings (SSSR count). The van der Waals surface area contributed by atoms with E-state index in [1.54, 1.807) is 18.0 Å². The number of methoxy groups -OCH3 is 1. The van der Waals surface area contributed by atoms with Crippen molar-refractivity contribution in [3.63, 3.8) is 0 Å². The molecule has 0 atom stereocenters. The van der Waals surface area contributed by atoms with E-state index >= 15 is 0 Å². The van der Waals surface area contributed by atoms with E-state index in [-0.39, 0.29) is 24.1 Å². The molecule has 0 aliphatic carbocycles. The highest BCUT2D eigenvalue weighted by Gasteiger charge is 2.37. The van der Waals surface area contributed by atoms with Gasteiger partial charge in [0.05, 0.1) is 25.0 Å². The number of hydrogen-bond acceptors (Lipinski definition) is 4. The van der Waals surface area contributed by atoms with E-state index in [0.717, 1.165) is 0 Å². The molecule has 0 unspecified atom stereocenters. The molecule has 1 saturated heterocycles. The minimum atomic E-state index is -0.507. The van der Waals surface area contributed by atoms with Crippen LogP contribution in [0.3, 0.4) is 0 Å². The molecule has 1 aromatic rings. The van der Waals surface area contributed by atoms with Gasteiger partial charge in [-0.15, -0.1) is 0 Å². The summed E-state index contributed by atoms with van der Waals surface area (Å²) in [4.78, 5) is 19.5. The molecule has 24 heavy (non-hydrogen) atoms. The summed E-state index contributed by atoms with van der Waals surface area (Å²) in [6, 6.07) is 4.22. The van der Waals surface area contributed by atoms with Crippen molar-refractivity contribution in [1.82, 2.24) is 9.80 Å². The second-order valence-corrected chi connectivity index (χ2v) is 6.13. The van der Waals surface area contributed by atoms with Crippen LogP contribution in [-0.4, -0.2) is 55.6 Å². The number of amides is 2. The van der Waals surface area contributed by atoms with Gasteiger partial charge in [0.1, 0.15) is 6.73 Å². The van der Waals surface area contributed by atoms with E-state index in [0.29, 0.717) is 17.9 Å². The summed E-state index contributed by atoms with van der Waals surface area (Å²) >= 11 is 0. The van der Waals surface area contributed by atoms with Crippen molar-refractivity contribution in [2.75, 3.05) is 27.5 Å². The van der Waals surface area contributed by atoms with Gasteiger partial charge >= 0.3 is 6.03 Å². The van der Waals surface area contributed by atoms with Crippen LogP contribution in [0.5, 0.6) is 5.75 Å². The van der Waals surface area contributed by atoms with Gasteiger partial charge < -0.3 is 14.4 Å². The Morgan fingerprint density at radius 3 is 2.75 bits per heavy atom. The second kappa shape index (κ2) is 7.00. The molecule has 0 radical (unpaired) electrons. The Morgan fingerprint density at radius 2 is 2.25 bits per heavy atom. The third-order valence-corrected chi connectivity index (χ3v) is 3.87. The van der Waals surface area contributed by atoms with Crippen LogP contribution < -0.4 is 4.74 Å². The third-order valence-electron chi connectivity index (χ3n) is 3.87. The first-order valence-electron chi connectivity index (χ1n) is 7.45. The second-order valence-electron chi connectivity index (χ2n) is 6.13. The first kappa shape index (κ1) is 17.9. The molecule has 2 amide bonds. The van der Waals surface area contributed by atoms with Crippen molar-refractivity contribution in [2.24, 2.45) is 4.99 Å². The summed E-state index contributed by atoms with van der Waals surface area (Å²) in [5, 5.41) is 0. The van der Waals surface area contributed by atoms with Crippen molar-refractivity contribution >= 4 is 18.4 Å². The molecule has 0 saturated carbocycles. The smallest absolute Gasteiger partial charge is 0.326 e. The van der Waals surface area contributed by atoms with Crippen LogP contribution in [0.4, 0.5) is 9.18 Å². The first-order valence-corrected chi connectivity index (χ1v) is 7.45. The molecule has 1 aliphatic heterocycles. The molecule has 1 heterocycles. The summed E-state index contributed by atoms with van der Waals surface area (Å²) in [6.07, 6.45) is 1.52. The fourth-order valence-electron chi connectivity index (χ4n) is 2.41. The van der Waals surface area contributed by atoms with E-state index in [9.17, 15) is 9.18 Å². The number of carbonyl (C=O) groups is 1. The van der Waals surface area contributed by atoms with Crippen LogP contribution in [0.2, 0.25) is 0 Å². The van der Waals surface area contributed by atoms with E-state index < -0.39 is 5.82 Å². The summed E-state index contributed by atoms with van der Waals surface area (Å²) in [5.41, 5.74) is 0.498. The highest BCUT2D eigenvalue weighted by atomic mass is 19.1. The van der Waals surface area contributed by atoms with E-state index in [4.69, 9.17) is 9.47 Å². The number of urea groups is 1. The van der Waals surface area contributed by atoms with Crippen LogP contribution in [0.15, 0.2) is 29.4 Å². The average Bonchev–Trinajstić information content (AvgIpc) is 2.90. The van der Waals surface area contributed by atoms with Crippen LogP contribution in [0.25, 0.3) is 5.70 Å². The number of rotatable bonds is 4. The Balaban J connectivity index is 2.24. The van der Waals surface area contributed by atoms with Crippen molar-refractivity contribution in [3.8, 4) is 5.75 Å². The Labute approximate surface area is 141 Å². The molecule has 130 valence electrons.